The summed E-state index contributed by atoms with van der Waals surface area (Å²) in [6.45, 7) is 3.21. The number of hydrogen-bond acceptors (Lipinski definition) is 2. The summed E-state index contributed by atoms with van der Waals surface area (Å²) in [5, 5.41) is 11.4. The monoisotopic (exact) mass is 324 g/mol. The van der Waals surface area contributed by atoms with Gasteiger partial charge in [0, 0.05) is 23.0 Å². The van der Waals surface area contributed by atoms with Crippen LogP contribution >= 0.6 is 15.9 Å². The summed E-state index contributed by atoms with van der Waals surface area (Å²) in [6, 6.07) is 7.88. The first-order valence-electron chi connectivity index (χ1n) is 6.27. The Hall–Kier alpha value is -1.38. The highest BCUT2D eigenvalue weighted by Crippen LogP contribution is 2.19. The Kier molecular flexibility index (Phi) is 6.54. The number of rotatable bonds is 6. The number of anilines is 1. The van der Waals surface area contributed by atoms with Gasteiger partial charge in [-0.15, -0.1) is 0 Å². The van der Waals surface area contributed by atoms with Gasteiger partial charge in [-0.2, -0.15) is 5.26 Å². The Bertz CT molecular complexity index is 482. The van der Waals surface area contributed by atoms with Gasteiger partial charge in [0.15, 0.2) is 6.54 Å². The predicted molar refractivity (Wildman–Crippen MR) is 79.0 cm³/mol. The third-order valence-corrected chi connectivity index (χ3v) is 3.31. The van der Waals surface area contributed by atoms with Gasteiger partial charge >= 0.3 is 0 Å². The molecule has 0 bridgehead atoms. The summed E-state index contributed by atoms with van der Waals surface area (Å²) in [5.41, 5.74) is 1.88. The number of nitriles is 1. The number of nitrogens with one attached hydrogen (secondary N) is 2. The highest BCUT2D eigenvalue weighted by atomic mass is 79.9. The molecule has 1 amide bonds. The number of hydrogen-bond donors (Lipinski definition) is 2. The van der Waals surface area contributed by atoms with E-state index in [0.717, 1.165) is 33.6 Å². The molecule has 1 rings (SSSR count). The van der Waals surface area contributed by atoms with Crippen LogP contribution in [0.3, 0.4) is 0 Å². The number of halogens is 1. The lowest BCUT2D eigenvalue weighted by Gasteiger charge is -2.14. The minimum Gasteiger partial charge on any atom is -0.330 e. The van der Waals surface area contributed by atoms with E-state index >= 15 is 0 Å². The summed E-state index contributed by atoms with van der Waals surface area (Å²) in [7, 11) is 1.96. The lowest BCUT2D eigenvalue weighted by atomic mass is 10.2. The first-order chi connectivity index (χ1) is 9.02. The van der Waals surface area contributed by atoms with E-state index in [1.54, 1.807) is 0 Å². The largest absolute Gasteiger partial charge is 0.330 e. The Morgan fingerprint density at radius 3 is 2.89 bits per heavy atom. The van der Waals surface area contributed by atoms with Crippen LogP contribution in [-0.4, -0.2) is 26.0 Å². The second kappa shape index (κ2) is 7.93. The second-order valence-corrected chi connectivity index (χ2v) is 5.57. The van der Waals surface area contributed by atoms with Crippen LogP contribution in [0.5, 0.6) is 0 Å². The molecule has 2 N–H and O–H groups in total. The number of likely N-dealkylation sites (N-methyl/N-ethyl adjacent to an activating group) is 1. The third-order valence-electron chi connectivity index (χ3n) is 2.82. The molecule has 0 saturated heterocycles. The summed E-state index contributed by atoms with van der Waals surface area (Å²) in [6.07, 6.45) is 1.37. The Morgan fingerprint density at radius 1 is 1.53 bits per heavy atom. The van der Waals surface area contributed by atoms with Gasteiger partial charge in [-0.05, 0) is 30.7 Å². The number of aryl methyl sites for hydroxylation is 1. The fourth-order valence-electron chi connectivity index (χ4n) is 1.79. The first kappa shape index (κ1) is 15.7. The van der Waals surface area contributed by atoms with Crippen molar-refractivity contribution in [3.63, 3.8) is 0 Å². The molecule has 1 atom stereocenters. The minimum atomic E-state index is -0.000111. The zero-order valence-corrected chi connectivity index (χ0v) is 12.9. The highest BCUT2D eigenvalue weighted by molar-refractivity contribution is 9.10. The lowest BCUT2D eigenvalue weighted by Crippen LogP contribution is -3.10. The fraction of sp³-hybridized carbons (Fsp3) is 0.429. The van der Waals surface area contributed by atoms with Crippen molar-refractivity contribution in [2.24, 2.45) is 0 Å². The van der Waals surface area contributed by atoms with Crippen LogP contribution < -0.4 is 10.2 Å². The van der Waals surface area contributed by atoms with Gasteiger partial charge in [-0.3, -0.25) is 4.79 Å². The zero-order chi connectivity index (χ0) is 14.3. The van der Waals surface area contributed by atoms with Crippen LogP contribution in [0, 0.1) is 18.3 Å². The number of carbonyl (C=O) groups is 1. The Labute approximate surface area is 122 Å². The highest BCUT2D eigenvalue weighted by Gasteiger charge is 2.10. The normalized spacial score (nSPS) is 11.7. The maximum absolute atomic E-state index is 11.9. The van der Waals surface area contributed by atoms with Crippen LogP contribution in [0.2, 0.25) is 0 Å². The summed E-state index contributed by atoms with van der Waals surface area (Å²) >= 11 is 3.39. The molecule has 102 valence electrons. The molecule has 0 aliphatic heterocycles. The molecule has 0 heterocycles. The molecule has 0 fully saturated rings. The van der Waals surface area contributed by atoms with Crippen LogP contribution in [0.4, 0.5) is 5.69 Å². The molecule has 0 aromatic heterocycles. The molecule has 0 saturated carbocycles. The molecule has 1 aromatic rings. The zero-order valence-electron chi connectivity index (χ0n) is 11.3. The van der Waals surface area contributed by atoms with Crippen molar-refractivity contribution in [2.75, 3.05) is 25.5 Å². The van der Waals surface area contributed by atoms with E-state index in [1.807, 2.05) is 32.2 Å². The average molecular weight is 325 g/mol. The molecule has 0 aliphatic carbocycles. The smallest absolute Gasteiger partial charge is 0.279 e. The van der Waals surface area contributed by atoms with E-state index in [4.69, 9.17) is 5.26 Å². The van der Waals surface area contributed by atoms with Gasteiger partial charge in [0.05, 0.1) is 19.7 Å². The van der Waals surface area contributed by atoms with Gasteiger partial charge in [-0.1, -0.05) is 15.9 Å². The fourth-order valence-corrected chi connectivity index (χ4v) is 2.27. The van der Waals surface area contributed by atoms with Crippen molar-refractivity contribution in [1.82, 2.24) is 0 Å². The minimum absolute atomic E-state index is 0.000111. The van der Waals surface area contributed by atoms with E-state index in [2.05, 4.69) is 27.3 Å². The third kappa shape index (κ3) is 5.86. The van der Waals surface area contributed by atoms with Crippen LogP contribution in [0.1, 0.15) is 18.4 Å². The standard InChI is InChI=1S/C14H18BrN3O/c1-11-9-12(15)5-6-13(11)17-14(19)10-18(2)8-4-3-7-16/h5-6,9H,3-4,8,10H2,1-2H3,(H,17,19)/p+1. The second-order valence-electron chi connectivity index (χ2n) is 4.65. The molecule has 1 unspecified atom stereocenters. The number of unbranched alkanes of at least 4 members (excludes halogenated alkanes) is 1. The van der Waals surface area contributed by atoms with Crippen LogP contribution in [-0.2, 0) is 4.79 Å². The maximum Gasteiger partial charge on any atom is 0.279 e. The van der Waals surface area contributed by atoms with Gasteiger partial charge in [0.1, 0.15) is 0 Å². The van der Waals surface area contributed by atoms with Gasteiger partial charge < -0.3 is 10.2 Å². The average Bonchev–Trinajstić information content (AvgIpc) is 2.33. The molecule has 5 heteroatoms. The molecular formula is C14H19BrN3O+. The van der Waals surface area contributed by atoms with E-state index < -0.39 is 0 Å². The lowest BCUT2D eigenvalue weighted by molar-refractivity contribution is -0.871. The van der Waals surface area contributed by atoms with E-state index in [-0.39, 0.29) is 5.91 Å². The summed E-state index contributed by atoms with van der Waals surface area (Å²) < 4.78 is 1.00. The number of benzene rings is 1. The van der Waals surface area contributed by atoms with Crippen molar-refractivity contribution in [2.45, 2.75) is 19.8 Å². The number of quaternary nitrogens is 1. The molecule has 0 spiro atoms. The molecule has 1 aromatic carbocycles. The van der Waals surface area contributed by atoms with Crippen molar-refractivity contribution >= 4 is 27.5 Å². The number of nitrogens with zero attached hydrogens (tertiary/aromatic N) is 1. The first-order valence-corrected chi connectivity index (χ1v) is 7.06. The molecule has 4 nitrogen and oxygen atoms in total. The molecule has 0 aliphatic rings. The SMILES string of the molecule is Cc1cc(Br)ccc1NC(=O)C[NH+](C)CCCC#N. The van der Waals surface area contributed by atoms with Crippen molar-refractivity contribution < 1.29 is 9.69 Å². The molecule has 0 radical (unpaired) electrons. The summed E-state index contributed by atoms with van der Waals surface area (Å²) in [4.78, 5) is 13.0. The molecular weight excluding hydrogens is 306 g/mol. The van der Waals surface area contributed by atoms with E-state index in [1.165, 1.54) is 0 Å². The Morgan fingerprint density at radius 2 is 2.26 bits per heavy atom. The topological polar surface area (TPSA) is 57.3 Å². The van der Waals surface area contributed by atoms with Gasteiger partial charge in [0.2, 0.25) is 0 Å². The summed E-state index contributed by atoms with van der Waals surface area (Å²) in [5.74, 6) is -0.000111. The van der Waals surface area contributed by atoms with E-state index in [9.17, 15) is 4.79 Å². The van der Waals surface area contributed by atoms with Crippen LogP contribution in [0.25, 0.3) is 0 Å². The number of carbonyl (C=O) groups excluding carboxylic acids is 1. The van der Waals surface area contributed by atoms with Crippen LogP contribution in [0.15, 0.2) is 22.7 Å². The van der Waals surface area contributed by atoms with Crippen molar-refractivity contribution in [3.05, 3.63) is 28.2 Å². The van der Waals surface area contributed by atoms with E-state index in [0.29, 0.717) is 13.0 Å². The number of amides is 1. The Balaban J connectivity index is 2.44. The van der Waals surface area contributed by atoms with Gasteiger partial charge in [-0.25, -0.2) is 0 Å². The quantitative estimate of drug-likeness (QED) is 0.779. The van der Waals surface area contributed by atoms with Crippen molar-refractivity contribution in [1.29, 1.82) is 5.26 Å². The molecule has 19 heavy (non-hydrogen) atoms. The van der Waals surface area contributed by atoms with Gasteiger partial charge in [0.25, 0.3) is 5.91 Å². The predicted octanol–water partition coefficient (Wildman–Crippen LogP) is 1.51. The van der Waals surface area contributed by atoms with Crippen molar-refractivity contribution in [3.8, 4) is 6.07 Å². The maximum atomic E-state index is 11.9.